The minimum atomic E-state index is -5.95. The summed E-state index contributed by atoms with van der Waals surface area (Å²) in [6.07, 6.45) is -11.9. The summed E-state index contributed by atoms with van der Waals surface area (Å²) in [6, 6.07) is 0. The molecule has 0 aromatic heterocycles. The zero-order valence-electron chi connectivity index (χ0n) is 17.7. The summed E-state index contributed by atoms with van der Waals surface area (Å²) in [7, 11) is 0. The summed E-state index contributed by atoms with van der Waals surface area (Å²) < 4.78 is 91.5. The van der Waals surface area contributed by atoms with E-state index >= 15 is 0 Å². The van der Waals surface area contributed by atoms with Crippen LogP contribution in [0.4, 0.5) is 26.3 Å². The molecule has 0 aromatic carbocycles. The Bertz CT molecular complexity index is 713. The van der Waals surface area contributed by atoms with Crippen molar-refractivity contribution in [3.63, 3.8) is 0 Å². The molecule has 0 heterocycles. The van der Waals surface area contributed by atoms with Gasteiger partial charge in [-0.05, 0) is 70.1 Å². The van der Waals surface area contributed by atoms with E-state index in [1.165, 1.54) is 6.92 Å². The number of aliphatic hydroxyl groups is 1. The largest absolute Gasteiger partial charge is 0.456 e. The Labute approximate surface area is 177 Å². The molecule has 0 aromatic rings. The molecule has 0 amide bonds. The number of carbonyl (C=O) groups is 1. The van der Waals surface area contributed by atoms with E-state index in [0.717, 1.165) is 0 Å². The number of carbonyl (C=O) groups excluding carboxylic acids is 1. The SMILES string of the molecule is C=C(C)C(=O)OC12CC3CC(C1)C(CC)(OC(C)C(O)(C(F)(F)F)C(F)(F)F)C(C3)C2. The highest BCUT2D eigenvalue weighted by molar-refractivity contribution is 5.87. The Morgan fingerprint density at radius 3 is 1.97 bits per heavy atom. The van der Waals surface area contributed by atoms with Crippen molar-refractivity contribution in [3.05, 3.63) is 12.2 Å². The van der Waals surface area contributed by atoms with Crippen molar-refractivity contribution < 1.29 is 45.7 Å². The lowest BCUT2D eigenvalue weighted by Gasteiger charge is -2.64. The van der Waals surface area contributed by atoms with E-state index in [9.17, 15) is 36.2 Å². The maximum absolute atomic E-state index is 13.4. The predicted molar refractivity (Wildman–Crippen MR) is 97.8 cm³/mol. The van der Waals surface area contributed by atoms with Gasteiger partial charge in [-0.15, -0.1) is 0 Å². The number of hydrogen-bond acceptors (Lipinski definition) is 4. The van der Waals surface area contributed by atoms with Gasteiger partial charge in [0.15, 0.2) is 0 Å². The first-order valence-corrected chi connectivity index (χ1v) is 10.4. The van der Waals surface area contributed by atoms with E-state index in [1.807, 2.05) is 0 Å². The van der Waals surface area contributed by atoms with Gasteiger partial charge < -0.3 is 14.6 Å². The van der Waals surface area contributed by atoms with Gasteiger partial charge in [0.1, 0.15) is 11.7 Å². The maximum atomic E-state index is 13.4. The van der Waals surface area contributed by atoms with Crippen molar-refractivity contribution in [2.24, 2.45) is 17.8 Å². The molecule has 1 N–H and O–H groups in total. The number of rotatable bonds is 6. The Morgan fingerprint density at radius 1 is 1.10 bits per heavy atom. The van der Waals surface area contributed by atoms with Gasteiger partial charge in [-0.1, -0.05) is 13.5 Å². The first-order chi connectivity index (χ1) is 14.0. The van der Waals surface area contributed by atoms with E-state index in [-0.39, 0.29) is 29.7 Å². The second-order valence-electron chi connectivity index (χ2n) is 9.53. The summed E-state index contributed by atoms with van der Waals surface area (Å²) in [5.41, 5.74) is -6.83. The Balaban J connectivity index is 1.92. The summed E-state index contributed by atoms with van der Waals surface area (Å²) >= 11 is 0. The minimum Gasteiger partial charge on any atom is -0.456 e. The predicted octanol–water partition coefficient (Wildman–Crippen LogP) is 5.09. The first-order valence-electron chi connectivity index (χ1n) is 10.4. The van der Waals surface area contributed by atoms with Crippen molar-refractivity contribution in [3.8, 4) is 0 Å². The van der Waals surface area contributed by atoms with Gasteiger partial charge in [-0.2, -0.15) is 26.3 Å². The maximum Gasteiger partial charge on any atom is 0.428 e. The highest BCUT2D eigenvalue weighted by atomic mass is 19.4. The molecule has 4 saturated carbocycles. The molecule has 0 saturated heterocycles. The van der Waals surface area contributed by atoms with Crippen LogP contribution in [0.25, 0.3) is 0 Å². The standard InChI is InChI=1S/C21H28F6O4/c1-5-18(30-12(4)19(29,20(22,23)24)21(25,26)27)14-6-13-7-15(18)10-17(8-13,9-14)31-16(28)11(2)3/h12-15,29H,2,5-10H2,1,3-4H3. The molecule has 4 rings (SSSR count). The van der Waals surface area contributed by atoms with E-state index in [2.05, 4.69) is 6.58 Å². The Hall–Kier alpha value is -1.29. The highest BCUT2D eigenvalue weighted by Gasteiger charge is 2.75. The summed E-state index contributed by atoms with van der Waals surface area (Å²) in [4.78, 5) is 12.2. The quantitative estimate of drug-likeness (QED) is 0.342. The van der Waals surface area contributed by atoms with Crippen molar-refractivity contribution in [2.45, 2.75) is 94.6 Å². The van der Waals surface area contributed by atoms with Gasteiger partial charge in [0.2, 0.25) is 0 Å². The lowest BCUT2D eigenvalue weighted by atomic mass is 9.47. The lowest BCUT2D eigenvalue weighted by molar-refractivity contribution is -0.407. The fourth-order valence-corrected chi connectivity index (χ4v) is 6.28. The number of halogens is 6. The van der Waals surface area contributed by atoms with Crippen LogP contribution in [0, 0.1) is 17.8 Å². The molecule has 0 radical (unpaired) electrons. The number of alkyl halides is 6. The van der Waals surface area contributed by atoms with E-state index in [0.29, 0.717) is 39.0 Å². The van der Waals surface area contributed by atoms with Gasteiger partial charge in [0, 0.05) is 5.57 Å². The average Bonchev–Trinajstić information content (AvgIpc) is 2.61. The van der Waals surface area contributed by atoms with Crippen LogP contribution in [0.3, 0.4) is 0 Å². The molecule has 0 spiro atoms. The van der Waals surface area contributed by atoms with Gasteiger partial charge in [0.25, 0.3) is 5.60 Å². The monoisotopic (exact) mass is 458 g/mol. The first kappa shape index (κ1) is 24.4. The Kier molecular flexibility index (Phi) is 5.79. The fraction of sp³-hybridized carbons (Fsp3) is 0.857. The zero-order valence-corrected chi connectivity index (χ0v) is 17.7. The number of ether oxygens (including phenoxy) is 2. The third kappa shape index (κ3) is 3.67. The fourth-order valence-electron chi connectivity index (χ4n) is 6.28. The van der Waals surface area contributed by atoms with Gasteiger partial charge in [-0.3, -0.25) is 0 Å². The highest BCUT2D eigenvalue weighted by Crippen LogP contribution is 2.64. The molecule has 0 aliphatic heterocycles. The van der Waals surface area contributed by atoms with Crippen LogP contribution in [0.5, 0.6) is 0 Å². The van der Waals surface area contributed by atoms with Crippen LogP contribution in [0.1, 0.15) is 59.3 Å². The molecule has 4 aliphatic carbocycles. The molecule has 31 heavy (non-hydrogen) atoms. The van der Waals surface area contributed by atoms with Crippen LogP contribution in [-0.2, 0) is 14.3 Å². The van der Waals surface area contributed by atoms with E-state index in [4.69, 9.17) is 9.47 Å². The van der Waals surface area contributed by atoms with Gasteiger partial charge in [0.05, 0.1) is 5.60 Å². The molecule has 4 bridgehead atoms. The van der Waals surface area contributed by atoms with Crippen LogP contribution in [0.15, 0.2) is 12.2 Å². The molecule has 178 valence electrons. The van der Waals surface area contributed by atoms with E-state index in [1.54, 1.807) is 6.92 Å². The summed E-state index contributed by atoms with van der Waals surface area (Å²) in [6.45, 7) is 7.38. The summed E-state index contributed by atoms with van der Waals surface area (Å²) in [5, 5.41) is 9.79. The second-order valence-corrected chi connectivity index (χ2v) is 9.53. The third-order valence-corrected chi connectivity index (χ3v) is 7.57. The van der Waals surface area contributed by atoms with Crippen molar-refractivity contribution in [2.75, 3.05) is 0 Å². The number of esters is 1. The lowest BCUT2D eigenvalue weighted by Crippen LogP contribution is -2.70. The summed E-state index contributed by atoms with van der Waals surface area (Å²) in [5.74, 6) is -1.16. The van der Waals surface area contributed by atoms with Gasteiger partial charge >= 0.3 is 18.3 Å². The number of hydrogen-bond donors (Lipinski definition) is 1. The van der Waals surface area contributed by atoms with Gasteiger partial charge in [-0.25, -0.2) is 4.79 Å². The Morgan fingerprint density at radius 2 is 1.58 bits per heavy atom. The van der Waals surface area contributed by atoms with Crippen molar-refractivity contribution >= 4 is 5.97 Å². The van der Waals surface area contributed by atoms with E-state index < -0.39 is 41.2 Å². The molecular formula is C21H28F6O4. The van der Waals surface area contributed by atoms with Crippen molar-refractivity contribution in [1.29, 1.82) is 0 Å². The minimum absolute atomic E-state index is 0.151. The molecule has 3 unspecified atom stereocenters. The van der Waals surface area contributed by atoms with Crippen LogP contribution < -0.4 is 0 Å². The molecule has 4 fully saturated rings. The van der Waals surface area contributed by atoms with Crippen molar-refractivity contribution in [1.82, 2.24) is 0 Å². The second kappa shape index (κ2) is 7.37. The molecule has 4 aliphatic rings. The zero-order chi connectivity index (χ0) is 23.6. The smallest absolute Gasteiger partial charge is 0.428 e. The average molecular weight is 458 g/mol. The van der Waals surface area contributed by atoms with Crippen LogP contribution in [0.2, 0.25) is 0 Å². The normalized spacial score (nSPS) is 36.4. The van der Waals surface area contributed by atoms with Crippen LogP contribution >= 0.6 is 0 Å². The third-order valence-electron chi connectivity index (χ3n) is 7.57. The molecule has 10 heteroatoms. The molecule has 4 nitrogen and oxygen atoms in total. The molecular weight excluding hydrogens is 430 g/mol. The van der Waals surface area contributed by atoms with Crippen LogP contribution in [-0.4, -0.2) is 46.3 Å². The molecule has 3 atom stereocenters. The topological polar surface area (TPSA) is 55.8 Å².